The number of rotatable bonds is 5. The van der Waals surface area contributed by atoms with E-state index in [4.69, 9.17) is 0 Å². The lowest BCUT2D eigenvalue weighted by molar-refractivity contribution is 0.0687. The van der Waals surface area contributed by atoms with Crippen LogP contribution in [0.2, 0.25) is 19.6 Å². The van der Waals surface area contributed by atoms with Crippen LogP contribution in [0.25, 0.3) is 5.69 Å². The molecule has 0 saturated heterocycles. The van der Waals surface area contributed by atoms with Crippen LogP contribution < -0.4 is 5.32 Å². The zero-order valence-corrected chi connectivity index (χ0v) is 16.1. The van der Waals surface area contributed by atoms with Crippen LogP contribution in [0, 0.1) is 0 Å². The Hall–Kier alpha value is -1.65. The van der Waals surface area contributed by atoms with Crippen molar-refractivity contribution in [2.45, 2.75) is 25.8 Å². The van der Waals surface area contributed by atoms with Gasteiger partial charge in [0, 0.05) is 11.5 Å². The first-order valence-corrected chi connectivity index (χ1v) is 13.7. The Bertz CT molecular complexity index is 787. The monoisotopic (exact) mass is 350 g/mol. The lowest BCUT2D eigenvalue weighted by Gasteiger charge is -2.12. The van der Waals surface area contributed by atoms with Gasteiger partial charge in [-0.2, -0.15) is 5.10 Å². The first kappa shape index (κ1) is 17.7. The van der Waals surface area contributed by atoms with E-state index in [1.807, 2.05) is 24.3 Å². The highest BCUT2D eigenvalue weighted by Crippen LogP contribution is 2.40. The number of benzene rings is 1. The van der Waals surface area contributed by atoms with Crippen molar-refractivity contribution in [1.82, 2.24) is 9.78 Å². The molecule has 0 bridgehead atoms. The molecular formula is C16H23N2O3PSi. The molecule has 7 heteroatoms. The second kappa shape index (κ2) is 6.10. The maximum Gasteiger partial charge on any atom is 0.354 e. The number of hydrogen-bond donors (Lipinski definition) is 1. The largest absolute Gasteiger partial charge is 0.477 e. The third kappa shape index (κ3) is 4.42. The van der Waals surface area contributed by atoms with Gasteiger partial charge in [-0.05, 0) is 37.1 Å². The van der Waals surface area contributed by atoms with Crippen LogP contribution in [0.15, 0.2) is 30.3 Å². The number of hydrogen-bond acceptors (Lipinski definition) is 3. The standard InChI is InChI=1S/C16H23N2O3PSi/c1-22(2,21)11-12-7-6-8-13(9-12)18-14(16(19)20)10-15(17-18)23(3,4)5/h6-10H,11H2,1-5H3,(H,19,20). The molecule has 0 amide bonds. The van der Waals surface area contributed by atoms with E-state index in [2.05, 4.69) is 24.7 Å². The summed E-state index contributed by atoms with van der Waals surface area (Å²) in [5, 5.41) is 14.9. The molecule has 0 unspecified atom stereocenters. The van der Waals surface area contributed by atoms with Crippen molar-refractivity contribution in [3.63, 3.8) is 0 Å². The molecule has 1 aromatic carbocycles. The molecule has 2 aromatic rings. The summed E-state index contributed by atoms with van der Waals surface area (Å²) >= 11 is 0. The van der Waals surface area contributed by atoms with Crippen molar-refractivity contribution in [3.05, 3.63) is 41.6 Å². The number of carbonyl (C=O) groups is 1. The first-order chi connectivity index (χ1) is 10.5. The molecule has 2 rings (SSSR count). The van der Waals surface area contributed by atoms with Gasteiger partial charge >= 0.3 is 5.97 Å². The molecule has 0 radical (unpaired) electrons. The van der Waals surface area contributed by atoms with Gasteiger partial charge < -0.3 is 9.67 Å². The minimum absolute atomic E-state index is 0.163. The van der Waals surface area contributed by atoms with Crippen LogP contribution in [0.3, 0.4) is 0 Å². The molecule has 124 valence electrons. The van der Waals surface area contributed by atoms with E-state index in [9.17, 15) is 14.5 Å². The average molecular weight is 350 g/mol. The summed E-state index contributed by atoms with van der Waals surface area (Å²) in [6.45, 7) is 9.89. The van der Waals surface area contributed by atoms with Crippen molar-refractivity contribution in [2.75, 3.05) is 13.3 Å². The SMILES string of the molecule is C[Si](C)(C)c1cc(C(=O)O)n(-c2cccc(CP(C)(C)=O)c2)n1. The lowest BCUT2D eigenvalue weighted by Crippen LogP contribution is -2.39. The fourth-order valence-corrected chi connectivity index (χ4v) is 4.37. The van der Waals surface area contributed by atoms with E-state index in [1.54, 1.807) is 19.4 Å². The van der Waals surface area contributed by atoms with Gasteiger partial charge in [0.05, 0.1) is 12.8 Å². The number of carboxylic acid groups (broad SMARTS) is 1. The highest BCUT2D eigenvalue weighted by molar-refractivity contribution is 7.61. The molecule has 0 aliphatic carbocycles. The van der Waals surface area contributed by atoms with E-state index in [0.717, 1.165) is 10.9 Å². The molecule has 0 spiro atoms. The van der Waals surface area contributed by atoms with Crippen molar-refractivity contribution in [1.29, 1.82) is 0 Å². The molecule has 0 atom stereocenters. The van der Waals surface area contributed by atoms with Gasteiger partial charge in [0.1, 0.15) is 8.07 Å². The number of aromatic carboxylic acids is 1. The second-order valence-electron chi connectivity index (χ2n) is 7.28. The Balaban J connectivity index is 2.53. The zero-order chi connectivity index (χ0) is 17.4. The van der Waals surface area contributed by atoms with Crippen LogP contribution >= 0.6 is 7.14 Å². The summed E-state index contributed by atoms with van der Waals surface area (Å²) in [6.07, 6.45) is 0.491. The molecule has 0 aliphatic rings. The van der Waals surface area contributed by atoms with E-state index < -0.39 is 21.2 Å². The highest BCUT2D eigenvalue weighted by atomic mass is 31.2. The molecule has 1 heterocycles. The topological polar surface area (TPSA) is 72.2 Å². The fourth-order valence-electron chi connectivity index (χ4n) is 2.32. The zero-order valence-electron chi connectivity index (χ0n) is 14.2. The number of nitrogens with zero attached hydrogens (tertiary/aromatic N) is 2. The minimum Gasteiger partial charge on any atom is -0.477 e. The van der Waals surface area contributed by atoms with Crippen LogP contribution in [0.5, 0.6) is 0 Å². The minimum atomic E-state index is -2.19. The van der Waals surface area contributed by atoms with Gasteiger partial charge in [-0.15, -0.1) is 0 Å². The molecule has 0 saturated carbocycles. The third-order valence-corrected chi connectivity index (χ3v) is 6.32. The molecule has 5 nitrogen and oxygen atoms in total. The fraction of sp³-hybridized carbons (Fsp3) is 0.375. The Labute approximate surface area is 137 Å². The Morgan fingerprint density at radius 3 is 2.43 bits per heavy atom. The highest BCUT2D eigenvalue weighted by Gasteiger charge is 2.25. The third-order valence-electron chi connectivity index (χ3n) is 3.42. The van der Waals surface area contributed by atoms with Crippen LogP contribution in [0.1, 0.15) is 16.1 Å². The van der Waals surface area contributed by atoms with E-state index in [1.165, 1.54) is 4.68 Å². The van der Waals surface area contributed by atoms with E-state index in [-0.39, 0.29) is 5.69 Å². The van der Waals surface area contributed by atoms with E-state index >= 15 is 0 Å². The summed E-state index contributed by atoms with van der Waals surface area (Å²) in [5.41, 5.74) is 1.78. The van der Waals surface area contributed by atoms with Crippen molar-refractivity contribution in [3.8, 4) is 5.69 Å². The first-order valence-electron chi connectivity index (χ1n) is 7.44. The van der Waals surface area contributed by atoms with Crippen LogP contribution in [-0.4, -0.2) is 42.3 Å². The predicted octanol–water partition coefficient (Wildman–Crippen LogP) is 3.24. The van der Waals surface area contributed by atoms with Gasteiger partial charge in [-0.1, -0.05) is 31.8 Å². The smallest absolute Gasteiger partial charge is 0.354 e. The number of carboxylic acids is 1. The van der Waals surface area contributed by atoms with Crippen molar-refractivity contribution >= 4 is 26.5 Å². The molecule has 0 aliphatic heterocycles. The van der Waals surface area contributed by atoms with Crippen molar-refractivity contribution in [2.24, 2.45) is 0 Å². The van der Waals surface area contributed by atoms with Gasteiger partial charge in [0.15, 0.2) is 5.69 Å². The van der Waals surface area contributed by atoms with Crippen molar-refractivity contribution < 1.29 is 14.5 Å². The summed E-state index contributed by atoms with van der Waals surface area (Å²) in [6, 6.07) is 9.13. The van der Waals surface area contributed by atoms with Gasteiger partial charge in [-0.3, -0.25) is 0 Å². The lowest BCUT2D eigenvalue weighted by atomic mass is 10.2. The molecule has 1 aromatic heterocycles. The Morgan fingerprint density at radius 1 is 1.26 bits per heavy atom. The van der Waals surface area contributed by atoms with E-state index in [0.29, 0.717) is 11.8 Å². The quantitative estimate of drug-likeness (QED) is 0.664. The number of aromatic nitrogens is 2. The normalized spacial score (nSPS) is 12.4. The van der Waals surface area contributed by atoms with Gasteiger partial charge in [-0.25, -0.2) is 9.48 Å². The molecule has 0 fully saturated rings. The van der Waals surface area contributed by atoms with Crippen LogP contribution in [0.4, 0.5) is 0 Å². The predicted molar refractivity (Wildman–Crippen MR) is 96.7 cm³/mol. The average Bonchev–Trinajstić information content (AvgIpc) is 2.81. The Morgan fingerprint density at radius 2 is 1.91 bits per heavy atom. The summed E-state index contributed by atoms with van der Waals surface area (Å²) in [5.74, 6) is -0.996. The maximum absolute atomic E-state index is 12.0. The second-order valence-corrected chi connectivity index (χ2v) is 15.8. The maximum atomic E-state index is 12.0. The van der Waals surface area contributed by atoms with Gasteiger partial charge in [0.25, 0.3) is 0 Å². The van der Waals surface area contributed by atoms with Gasteiger partial charge in [0.2, 0.25) is 0 Å². The molecular weight excluding hydrogens is 327 g/mol. The summed E-state index contributed by atoms with van der Waals surface area (Å²) < 4.78 is 13.5. The Kier molecular flexibility index (Phi) is 4.69. The van der Waals surface area contributed by atoms with Crippen LogP contribution in [-0.2, 0) is 10.7 Å². The summed E-state index contributed by atoms with van der Waals surface area (Å²) in [7, 11) is -3.90. The summed E-state index contributed by atoms with van der Waals surface area (Å²) in [4.78, 5) is 11.6. The molecule has 23 heavy (non-hydrogen) atoms. The molecule has 1 N–H and O–H groups in total.